The lowest BCUT2D eigenvalue weighted by Gasteiger charge is -2.16. The van der Waals surface area contributed by atoms with E-state index >= 15 is 0 Å². The molecule has 6 nitrogen and oxygen atoms in total. The number of nitrogens with one attached hydrogen (secondary N) is 2. The highest BCUT2D eigenvalue weighted by atomic mass is 16.5. The predicted molar refractivity (Wildman–Crippen MR) is 73.6 cm³/mol. The summed E-state index contributed by atoms with van der Waals surface area (Å²) in [6.45, 7) is 8.71. The normalized spacial score (nSPS) is 12.6. The van der Waals surface area contributed by atoms with E-state index in [1.54, 1.807) is 7.11 Å². The van der Waals surface area contributed by atoms with Crippen molar-refractivity contribution in [3.63, 3.8) is 0 Å². The monoisotopic (exact) mass is 253 g/mol. The van der Waals surface area contributed by atoms with Gasteiger partial charge in [0, 0.05) is 25.1 Å². The van der Waals surface area contributed by atoms with Gasteiger partial charge < -0.3 is 15.5 Å². The molecule has 1 unspecified atom stereocenters. The van der Waals surface area contributed by atoms with Crippen LogP contribution in [-0.4, -0.2) is 29.7 Å². The second-order valence-corrected chi connectivity index (χ2v) is 4.63. The van der Waals surface area contributed by atoms with Gasteiger partial charge >= 0.3 is 0 Å². The molecular weight excluding hydrogens is 230 g/mol. The SMILES string of the molecule is COC(C)CNc1nc(C(C)C)nc(NN)c1C. The molecule has 0 bridgehead atoms. The van der Waals surface area contributed by atoms with Crippen molar-refractivity contribution in [3.05, 3.63) is 11.4 Å². The lowest BCUT2D eigenvalue weighted by Crippen LogP contribution is -2.21. The minimum absolute atomic E-state index is 0.121. The molecule has 0 spiro atoms. The largest absolute Gasteiger partial charge is 0.380 e. The third-order valence-corrected chi connectivity index (χ3v) is 2.78. The molecule has 0 saturated carbocycles. The van der Waals surface area contributed by atoms with E-state index in [0.29, 0.717) is 12.4 Å². The minimum Gasteiger partial charge on any atom is -0.380 e. The number of nitrogen functional groups attached to an aromatic ring is 1. The van der Waals surface area contributed by atoms with Crippen molar-refractivity contribution in [1.29, 1.82) is 0 Å². The summed E-state index contributed by atoms with van der Waals surface area (Å²) in [7, 11) is 1.69. The number of hydrogen-bond donors (Lipinski definition) is 3. The fourth-order valence-electron chi connectivity index (χ4n) is 1.43. The van der Waals surface area contributed by atoms with Gasteiger partial charge in [-0.3, -0.25) is 0 Å². The molecule has 1 heterocycles. The van der Waals surface area contributed by atoms with Crippen molar-refractivity contribution in [2.45, 2.75) is 39.7 Å². The van der Waals surface area contributed by atoms with Crippen LogP contribution in [0.4, 0.5) is 11.6 Å². The van der Waals surface area contributed by atoms with Crippen molar-refractivity contribution >= 4 is 11.6 Å². The third-order valence-electron chi connectivity index (χ3n) is 2.78. The Morgan fingerprint density at radius 2 is 1.83 bits per heavy atom. The summed E-state index contributed by atoms with van der Waals surface area (Å²) in [5, 5.41) is 3.26. The molecular formula is C12H23N5O. The molecule has 1 aromatic rings. The molecule has 1 atom stereocenters. The van der Waals surface area contributed by atoms with Gasteiger partial charge in [-0.15, -0.1) is 0 Å². The molecule has 0 fully saturated rings. The van der Waals surface area contributed by atoms with Crippen LogP contribution in [0.2, 0.25) is 0 Å². The molecule has 0 aliphatic carbocycles. The Morgan fingerprint density at radius 1 is 1.22 bits per heavy atom. The second kappa shape index (κ2) is 6.51. The number of nitrogens with zero attached hydrogens (tertiary/aromatic N) is 2. The number of ether oxygens (including phenoxy) is 1. The summed E-state index contributed by atoms with van der Waals surface area (Å²) in [6.07, 6.45) is 0.121. The fourth-order valence-corrected chi connectivity index (χ4v) is 1.43. The fraction of sp³-hybridized carbons (Fsp3) is 0.667. The van der Waals surface area contributed by atoms with Crippen LogP contribution in [0.3, 0.4) is 0 Å². The van der Waals surface area contributed by atoms with E-state index in [4.69, 9.17) is 10.6 Å². The summed E-state index contributed by atoms with van der Waals surface area (Å²) in [5.41, 5.74) is 3.52. The number of nitrogens with two attached hydrogens (primary N) is 1. The standard InChI is InChI=1S/C12H23N5O/c1-7(2)10-15-11(14-6-8(3)18-5)9(4)12(16-10)17-13/h7-8H,6,13H2,1-5H3,(H2,14,15,16,17). The highest BCUT2D eigenvalue weighted by Crippen LogP contribution is 2.22. The Bertz CT molecular complexity index is 394. The maximum Gasteiger partial charge on any atom is 0.148 e. The van der Waals surface area contributed by atoms with Gasteiger partial charge in [0.1, 0.15) is 17.5 Å². The van der Waals surface area contributed by atoms with Gasteiger partial charge in [0.15, 0.2) is 0 Å². The first-order chi connectivity index (χ1) is 8.49. The number of rotatable bonds is 6. The Morgan fingerprint density at radius 3 is 2.33 bits per heavy atom. The highest BCUT2D eigenvalue weighted by molar-refractivity contribution is 5.56. The van der Waals surface area contributed by atoms with Crippen molar-refractivity contribution in [3.8, 4) is 0 Å². The zero-order chi connectivity index (χ0) is 13.7. The Labute approximate surface area is 108 Å². The number of hydrazine groups is 1. The van der Waals surface area contributed by atoms with Gasteiger partial charge in [-0.1, -0.05) is 13.8 Å². The lowest BCUT2D eigenvalue weighted by atomic mass is 10.2. The molecule has 0 saturated heterocycles. The van der Waals surface area contributed by atoms with E-state index in [-0.39, 0.29) is 12.0 Å². The van der Waals surface area contributed by atoms with Gasteiger partial charge in [0.2, 0.25) is 0 Å². The molecule has 0 aromatic carbocycles. The van der Waals surface area contributed by atoms with Gasteiger partial charge in [-0.25, -0.2) is 15.8 Å². The van der Waals surface area contributed by atoms with Crippen LogP contribution in [0, 0.1) is 6.92 Å². The van der Waals surface area contributed by atoms with Crippen LogP contribution in [0.15, 0.2) is 0 Å². The summed E-state index contributed by atoms with van der Waals surface area (Å²) in [4.78, 5) is 8.89. The summed E-state index contributed by atoms with van der Waals surface area (Å²) in [5.74, 6) is 7.94. The first-order valence-electron chi connectivity index (χ1n) is 6.11. The van der Waals surface area contributed by atoms with Crippen molar-refractivity contribution in [2.75, 3.05) is 24.4 Å². The number of hydrogen-bond acceptors (Lipinski definition) is 6. The molecule has 0 amide bonds. The van der Waals surface area contributed by atoms with E-state index in [1.165, 1.54) is 0 Å². The van der Waals surface area contributed by atoms with Crippen LogP contribution in [-0.2, 0) is 4.74 Å². The molecule has 1 rings (SSSR count). The number of methoxy groups -OCH3 is 1. The van der Waals surface area contributed by atoms with E-state index in [1.807, 2.05) is 27.7 Å². The van der Waals surface area contributed by atoms with Crippen LogP contribution < -0.4 is 16.6 Å². The molecule has 0 aliphatic heterocycles. The van der Waals surface area contributed by atoms with Crippen LogP contribution in [0.1, 0.15) is 38.1 Å². The number of anilines is 2. The highest BCUT2D eigenvalue weighted by Gasteiger charge is 2.12. The summed E-state index contributed by atoms with van der Waals surface area (Å²) < 4.78 is 5.20. The minimum atomic E-state index is 0.121. The first kappa shape index (κ1) is 14.7. The average molecular weight is 253 g/mol. The molecule has 102 valence electrons. The van der Waals surface area contributed by atoms with Crippen molar-refractivity contribution in [2.24, 2.45) is 5.84 Å². The Kier molecular flexibility index (Phi) is 5.30. The van der Waals surface area contributed by atoms with Gasteiger partial charge in [0.25, 0.3) is 0 Å². The molecule has 0 radical (unpaired) electrons. The Hall–Kier alpha value is -1.40. The van der Waals surface area contributed by atoms with E-state index in [9.17, 15) is 0 Å². The van der Waals surface area contributed by atoms with Crippen LogP contribution >= 0.6 is 0 Å². The smallest absolute Gasteiger partial charge is 0.148 e. The second-order valence-electron chi connectivity index (χ2n) is 4.63. The van der Waals surface area contributed by atoms with Crippen LogP contribution in [0.25, 0.3) is 0 Å². The lowest BCUT2D eigenvalue weighted by molar-refractivity contribution is 0.128. The molecule has 6 heteroatoms. The number of aromatic nitrogens is 2. The molecule has 0 aliphatic rings. The Balaban J connectivity index is 2.97. The predicted octanol–water partition coefficient (Wildman–Crippen LogP) is 1.64. The van der Waals surface area contributed by atoms with Gasteiger partial charge in [0.05, 0.1) is 6.10 Å². The van der Waals surface area contributed by atoms with Gasteiger partial charge in [-0.2, -0.15) is 0 Å². The molecule has 4 N–H and O–H groups in total. The van der Waals surface area contributed by atoms with Gasteiger partial charge in [-0.05, 0) is 13.8 Å². The third kappa shape index (κ3) is 3.54. The molecule has 18 heavy (non-hydrogen) atoms. The zero-order valence-corrected chi connectivity index (χ0v) is 11.7. The van der Waals surface area contributed by atoms with E-state index < -0.39 is 0 Å². The first-order valence-corrected chi connectivity index (χ1v) is 6.11. The topological polar surface area (TPSA) is 85.1 Å². The quantitative estimate of drug-likeness (QED) is 0.528. The zero-order valence-electron chi connectivity index (χ0n) is 11.7. The average Bonchev–Trinajstić information content (AvgIpc) is 2.36. The van der Waals surface area contributed by atoms with Crippen LogP contribution in [0.5, 0.6) is 0 Å². The van der Waals surface area contributed by atoms with E-state index in [2.05, 4.69) is 20.7 Å². The van der Waals surface area contributed by atoms with E-state index in [0.717, 1.165) is 17.2 Å². The molecule has 1 aromatic heterocycles. The maximum atomic E-state index is 5.48. The summed E-state index contributed by atoms with van der Waals surface area (Å²) in [6, 6.07) is 0. The maximum absolute atomic E-state index is 5.48. The van der Waals surface area contributed by atoms with Crippen molar-refractivity contribution in [1.82, 2.24) is 9.97 Å². The van der Waals surface area contributed by atoms with Crippen molar-refractivity contribution < 1.29 is 4.74 Å². The summed E-state index contributed by atoms with van der Waals surface area (Å²) >= 11 is 0.